The quantitative estimate of drug-likeness (QED) is 0.725. The molecule has 16 heavy (non-hydrogen) atoms. The average molecular weight is 232 g/mol. The number of hydrogen-bond acceptors (Lipinski definition) is 5. The molecule has 0 aromatic rings. The van der Waals surface area contributed by atoms with Crippen LogP contribution < -0.4 is 0 Å². The Bertz CT molecular complexity index is 243. The number of rotatable bonds is 4. The lowest BCUT2D eigenvalue weighted by molar-refractivity contribution is -0.272. The third kappa shape index (κ3) is 3.83. The van der Waals surface area contributed by atoms with Gasteiger partial charge in [-0.1, -0.05) is 0 Å². The number of carbonyl (C=O) groups is 1. The van der Waals surface area contributed by atoms with Crippen molar-refractivity contribution in [2.75, 3.05) is 0 Å². The van der Waals surface area contributed by atoms with E-state index in [1.165, 1.54) is 6.92 Å². The maximum atomic E-state index is 10.9. The van der Waals surface area contributed by atoms with Gasteiger partial charge in [-0.15, -0.1) is 0 Å². The molecule has 1 heterocycles. The maximum Gasteiger partial charge on any atom is 0.184 e. The van der Waals surface area contributed by atoms with Gasteiger partial charge in [-0.05, 0) is 20.8 Å². The molecule has 0 aromatic carbocycles. The van der Waals surface area contributed by atoms with Gasteiger partial charge in [-0.2, -0.15) is 0 Å². The molecule has 1 aliphatic rings. The Balaban J connectivity index is 2.44. The molecule has 0 radical (unpaired) electrons. The molecule has 2 N–H and O–H groups in total. The molecule has 2 unspecified atom stereocenters. The molecule has 94 valence electrons. The predicted molar refractivity (Wildman–Crippen MR) is 56.8 cm³/mol. The summed E-state index contributed by atoms with van der Waals surface area (Å²) in [6.07, 6.45) is -2.40. The molecule has 1 rings (SSSR count). The Hall–Kier alpha value is -0.490. The molecule has 5 heteroatoms. The van der Waals surface area contributed by atoms with Crippen molar-refractivity contribution in [1.82, 2.24) is 0 Å². The molecule has 1 aliphatic heterocycles. The van der Waals surface area contributed by atoms with Crippen LogP contribution in [0, 0.1) is 0 Å². The molecule has 5 atom stereocenters. The number of hydrogen-bond donors (Lipinski definition) is 2. The SMILES string of the molecule is CC(=O)C[C@@H](C)O[C@@H]1OC(C)[C@H](O)CC1O. The van der Waals surface area contributed by atoms with Gasteiger partial charge in [-0.3, -0.25) is 4.79 Å². The van der Waals surface area contributed by atoms with Crippen LogP contribution in [0.15, 0.2) is 0 Å². The molecule has 0 aromatic heterocycles. The van der Waals surface area contributed by atoms with Gasteiger partial charge < -0.3 is 19.7 Å². The zero-order valence-electron chi connectivity index (χ0n) is 9.92. The van der Waals surface area contributed by atoms with Crippen molar-refractivity contribution < 1.29 is 24.5 Å². The zero-order valence-corrected chi connectivity index (χ0v) is 9.92. The van der Waals surface area contributed by atoms with Crippen molar-refractivity contribution in [1.29, 1.82) is 0 Å². The highest BCUT2D eigenvalue weighted by Gasteiger charge is 2.35. The van der Waals surface area contributed by atoms with E-state index in [1.54, 1.807) is 13.8 Å². The number of ketones is 1. The minimum absolute atomic E-state index is 0.0332. The molecule has 0 spiro atoms. The average Bonchev–Trinajstić information content (AvgIpc) is 2.12. The van der Waals surface area contributed by atoms with E-state index in [-0.39, 0.29) is 24.4 Å². The van der Waals surface area contributed by atoms with Crippen LogP contribution in [-0.2, 0) is 14.3 Å². The summed E-state index contributed by atoms with van der Waals surface area (Å²) in [5.41, 5.74) is 0. The predicted octanol–water partition coefficient (Wildman–Crippen LogP) is 0.227. The van der Waals surface area contributed by atoms with E-state index in [4.69, 9.17) is 9.47 Å². The molecule has 0 aliphatic carbocycles. The number of ether oxygens (including phenoxy) is 2. The van der Waals surface area contributed by atoms with Crippen LogP contribution in [0.3, 0.4) is 0 Å². The lowest BCUT2D eigenvalue weighted by Gasteiger charge is -2.36. The van der Waals surface area contributed by atoms with Crippen molar-refractivity contribution in [3.8, 4) is 0 Å². The van der Waals surface area contributed by atoms with Crippen molar-refractivity contribution in [3.05, 3.63) is 0 Å². The summed E-state index contributed by atoms with van der Waals surface area (Å²) in [5, 5.41) is 19.1. The van der Waals surface area contributed by atoms with Crippen LogP contribution in [0.1, 0.15) is 33.6 Å². The third-order valence-electron chi connectivity index (χ3n) is 2.63. The fraction of sp³-hybridized carbons (Fsp3) is 0.909. The first-order valence-electron chi connectivity index (χ1n) is 5.56. The van der Waals surface area contributed by atoms with E-state index in [0.29, 0.717) is 6.42 Å². The van der Waals surface area contributed by atoms with Crippen molar-refractivity contribution in [2.24, 2.45) is 0 Å². The number of aliphatic hydroxyl groups is 2. The summed E-state index contributed by atoms with van der Waals surface area (Å²) in [6, 6.07) is 0. The second-order valence-electron chi connectivity index (χ2n) is 4.43. The molecular formula is C11H20O5. The second-order valence-corrected chi connectivity index (χ2v) is 4.43. The lowest BCUT2D eigenvalue weighted by Crippen LogP contribution is -2.48. The maximum absolute atomic E-state index is 10.9. The van der Waals surface area contributed by atoms with Gasteiger partial charge in [0.1, 0.15) is 11.9 Å². The first-order valence-corrected chi connectivity index (χ1v) is 5.56. The first kappa shape index (κ1) is 13.6. The largest absolute Gasteiger partial charge is 0.390 e. The smallest absolute Gasteiger partial charge is 0.184 e. The molecule has 0 bridgehead atoms. The summed E-state index contributed by atoms with van der Waals surface area (Å²) in [7, 11) is 0. The van der Waals surface area contributed by atoms with Crippen LogP contribution >= 0.6 is 0 Å². The van der Waals surface area contributed by atoms with Crippen molar-refractivity contribution in [2.45, 2.75) is 64.3 Å². The molecule has 1 saturated heterocycles. The molecule has 0 saturated carbocycles. The fourth-order valence-corrected chi connectivity index (χ4v) is 1.75. The highest BCUT2D eigenvalue weighted by molar-refractivity contribution is 5.75. The van der Waals surface area contributed by atoms with E-state index >= 15 is 0 Å². The molecule has 1 fully saturated rings. The Morgan fingerprint density at radius 1 is 1.50 bits per heavy atom. The monoisotopic (exact) mass is 232 g/mol. The van der Waals surface area contributed by atoms with Crippen LogP contribution in [0.4, 0.5) is 0 Å². The van der Waals surface area contributed by atoms with Gasteiger partial charge in [-0.25, -0.2) is 0 Å². The summed E-state index contributed by atoms with van der Waals surface area (Å²) >= 11 is 0. The minimum Gasteiger partial charge on any atom is -0.390 e. The summed E-state index contributed by atoms with van der Waals surface area (Å²) in [5.74, 6) is 0.0332. The van der Waals surface area contributed by atoms with E-state index in [9.17, 15) is 15.0 Å². The van der Waals surface area contributed by atoms with Gasteiger partial charge in [0.2, 0.25) is 0 Å². The molecular weight excluding hydrogens is 212 g/mol. The van der Waals surface area contributed by atoms with E-state index < -0.39 is 18.5 Å². The highest BCUT2D eigenvalue weighted by atomic mass is 16.7. The third-order valence-corrected chi connectivity index (χ3v) is 2.63. The van der Waals surface area contributed by atoms with Crippen LogP contribution in [0.2, 0.25) is 0 Å². The summed E-state index contributed by atoms with van der Waals surface area (Å²) in [4.78, 5) is 10.9. The lowest BCUT2D eigenvalue weighted by atomic mass is 10.0. The Kier molecular flexibility index (Phi) is 4.86. The van der Waals surface area contributed by atoms with E-state index in [1.807, 2.05) is 0 Å². The van der Waals surface area contributed by atoms with Gasteiger partial charge in [0.25, 0.3) is 0 Å². The zero-order chi connectivity index (χ0) is 12.3. The van der Waals surface area contributed by atoms with Gasteiger partial charge >= 0.3 is 0 Å². The fourth-order valence-electron chi connectivity index (χ4n) is 1.75. The van der Waals surface area contributed by atoms with E-state index in [2.05, 4.69) is 0 Å². The first-order chi connectivity index (χ1) is 7.40. The topological polar surface area (TPSA) is 76.0 Å². The van der Waals surface area contributed by atoms with Crippen molar-refractivity contribution in [3.63, 3.8) is 0 Å². The summed E-state index contributed by atoms with van der Waals surface area (Å²) < 4.78 is 10.8. The van der Waals surface area contributed by atoms with E-state index in [0.717, 1.165) is 0 Å². The van der Waals surface area contributed by atoms with Crippen LogP contribution in [-0.4, -0.2) is 46.7 Å². The Morgan fingerprint density at radius 3 is 2.69 bits per heavy atom. The summed E-state index contributed by atoms with van der Waals surface area (Å²) in [6.45, 7) is 4.97. The molecule has 0 amide bonds. The highest BCUT2D eigenvalue weighted by Crippen LogP contribution is 2.22. The van der Waals surface area contributed by atoms with Gasteiger partial charge in [0.15, 0.2) is 6.29 Å². The minimum atomic E-state index is -0.847. The standard InChI is InChI=1S/C11H20O5/c1-6(12)4-7(2)15-11-10(14)5-9(13)8(3)16-11/h7-11,13-14H,4-5H2,1-3H3/t7-,8?,9-,10?,11-/m1/s1. The van der Waals surface area contributed by atoms with Crippen LogP contribution in [0.25, 0.3) is 0 Å². The number of carbonyl (C=O) groups excluding carboxylic acids is 1. The Labute approximate surface area is 95.4 Å². The normalized spacial score (nSPS) is 37.1. The van der Waals surface area contributed by atoms with Gasteiger partial charge in [0.05, 0.1) is 18.3 Å². The Morgan fingerprint density at radius 2 is 2.12 bits per heavy atom. The van der Waals surface area contributed by atoms with Crippen LogP contribution in [0.5, 0.6) is 0 Å². The number of Topliss-reactive ketones (excluding diaryl/α,β-unsaturated/α-hetero) is 1. The number of aliphatic hydroxyl groups excluding tert-OH is 2. The second kappa shape index (κ2) is 5.72. The van der Waals surface area contributed by atoms with Crippen molar-refractivity contribution >= 4 is 5.78 Å². The van der Waals surface area contributed by atoms with Gasteiger partial charge in [0, 0.05) is 12.8 Å². The molecule has 5 nitrogen and oxygen atoms in total.